The first-order valence-corrected chi connectivity index (χ1v) is 6.66. The van der Waals surface area contributed by atoms with Crippen LogP contribution in [0.1, 0.15) is 5.56 Å². The Labute approximate surface area is 115 Å². The molecule has 1 aliphatic heterocycles. The summed E-state index contributed by atoms with van der Waals surface area (Å²) < 4.78 is 10.1. The summed E-state index contributed by atoms with van der Waals surface area (Å²) in [7, 11) is 0.735. The molecule has 1 saturated heterocycles. The van der Waals surface area contributed by atoms with Crippen LogP contribution in [0.3, 0.4) is 0 Å². The van der Waals surface area contributed by atoms with Crippen molar-refractivity contribution in [2.24, 2.45) is 0 Å². The Morgan fingerprint density at radius 3 is 2.63 bits per heavy atom. The Morgan fingerprint density at radius 1 is 1.37 bits per heavy atom. The summed E-state index contributed by atoms with van der Waals surface area (Å²) in [5.74, 6) is 4.92. The minimum absolute atomic E-state index is 0.0730. The van der Waals surface area contributed by atoms with Gasteiger partial charge in [0.15, 0.2) is 0 Å². The molecule has 19 heavy (non-hydrogen) atoms. The van der Waals surface area contributed by atoms with E-state index in [0.717, 1.165) is 5.56 Å². The van der Waals surface area contributed by atoms with Crippen LogP contribution in [-0.4, -0.2) is 44.1 Å². The van der Waals surface area contributed by atoms with Gasteiger partial charge in [0.25, 0.3) is 0 Å². The van der Waals surface area contributed by atoms with Crippen molar-refractivity contribution in [2.75, 3.05) is 20.1 Å². The summed E-state index contributed by atoms with van der Waals surface area (Å²) in [4.78, 5) is 24.4. The lowest BCUT2D eigenvalue weighted by atomic mass is 9.84. The molecule has 2 heterocycles. The van der Waals surface area contributed by atoms with Crippen LogP contribution in [0.15, 0.2) is 16.8 Å². The molecule has 0 aromatic carbocycles. The minimum Gasteiger partial charge on any atom is -0.498 e. The summed E-state index contributed by atoms with van der Waals surface area (Å²) >= 11 is 1.55. The average molecular weight is 277 g/mol. The Morgan fingerprint density at radius 2 is 2.05 bits per heavy atom. The number of hydrogen-bond acceptors (Lipinski definition) is 6. The standard InChI is InChI=1S/C12H12BNO4S/c1-14-7-11(15)17-13(18-12(16)8-14)5-2-3-10-4-6-19-9-10/h4,6,9H,5,7-8H2,1H3. The molecule has 0 atom stereocenters. The Hall–Kier alpha value is -1.78. The van der Waals surface area contributed by atoms with Crippen molar-refractivity contribution >= 4 is 30.4 Å². The molecule has 1 aromatic rings. The highest BCUT2D eigenvalue weighted by atomic mass is 32.1. The maximum Gasteiger partial charge on any atom is 0.611 e. The molecule has 98 valence electrons. The van der Waals surface area contributed by atoms with E-state index < -0.39 is 19.1 Å². The van der Waals surface area contributed by atoms with Crippen molar-refractivity contribution < 1.29 is 18.9 Å². The molecule has 0 bridgehead atoms. The van der Waals surface area contributed by atoms with Crippen molar-refractivity contribution in [3.05, 3.63) is 22.4 Å². The summed E-state index contributed by atoms with van der Waals surface area (Å²) in [6.07, 6.45) is 0.178. The SMILES string of the molecule is CN1CC(=O)OB(CC#Cc2ccsc2)OC(=O)C1. The van der Waals surface area contributed by atoms with Gasteiger partial charge in [-0.05, 0) is 18.5 Å². The fraction of sp³-hybridized carbons (Fsp3) is 0.333. The number of hydrogen-bond donors (Lipinski definition) is 0. The number of carbonyl (C=O) groups excluding carboxylic acids is 2. The first-order chi connectivity index (χ1) is 9.13. The van der Waals surface area contributed by atoms with E-state index in [0.29, 0.717) is 0 Å². The van der Waals surface area contributed by atoms with Crippen molar-refractivity contribution in [2.45, 2.75) is 6.32 Å². The molecule has 0 amide bonds. The summed E-state index contributed by atoms with van der Waals surface area (Å²) in [5.41, 5.74) is 0.897. The predicted molar refractivity (Wildman–Crippen MR) is 71.4 cm³/mol. The lowest BCUT2D eigenvalue weighted by molar-refractivity contribution is -0.145. The molecule has 0 N–H and O–H groups in total. The third-order valence-electron chi connectivity index (χ3n) is 2.35. The lowest BCUT2D eigenvalue weighted by Gasteiger charge is -2.21. The van der Waals surface area contributed by atoms with Gasteiger partial charge in [0.05, 0.1) is 19.4 Å². The van der Waals surface area contributed by atoms with Crippen LogP contribution in [-0.2, 0) is 18.9 Å². The molecule has 0 unspecified atom stereocenters. The molecule has 5 nitrogen and oxygen atoms in total. The topological polar surface area (TPSA) is 55.8 Å². The van der Waals surface area contributed by atoms with E-state index in [1.807, 2.05) is 16.8 Å². The fourth-order valence-electron chi connectivity index (χ4n) is 1.54. The van der Waals surface area contributed by atoms with Crippen LogP contribution in [0.4, 0.5) is 0 Å². The van der Waals surface area contributed by atoms with E-state index in [4.69, 9.17) is 9.31 Å². The van der Waals surface area contributed by atoms with Gasteiger partial charge in [0.2, 0.25) is 0 Å². The first-order valence-electron chi connectivity index (χ1n) is 5.72. The predicted octanol–water partition coefficient (Wildman–Crippen LogP) is 0.620. The highest BCUT2D eigenvalue weighted by Crippen LogP contribution is 2.06. The van der Waals surface area contributed by atoms with Crippen LogP contribution >= 0.6 is 11.3 Å². The van der Waals surface area contributed by atoms with Crippen LogP contribution in [0.2, 0.25) is 6.32 Å². The second-order valence-electron chi connectivity index (χ2n) is 4.10. The minimum atomic E-state index is -0.917. The third kappa shape index (κ3) is 4.43. The zero-order valence-electron chi connectivity index (χ0n) is 10.4. The monoisotopic (exact) mass is 277 g/mol. The quantitative estimate of drug-likeness (QED) is 0.556. The largest absolute Gasteiger partial charge is 0.611 e. The highest BCUT2D eigenvalue weighted by molar-refractivity contribution is 7.08. The van der Waals surface area contributed by atoms with E-state index in [1.165, 1.54) is 4.90 Å². The van der Waals surface area contributed by atoms with E-state index in [1.54, 1.807) is 18.4 Å². The van der Waals surface area contributed by atoms with Gasteiger partial charge < -0.3 is 9.31 Å². The molecule has 0 saturated carbocycles. The van der Waals surface area contributed by atoms with Crippen molar-refractivity contribution in [3.8, 4) is 11.8 Å². The normalized spacial score (nSPS) is 16.8. The van der Waals surface area contributed by atoms with Gasteiger partial charge in [0.1, 0.15) is 0 Å². The van der Waals surface area contributed by atoms with Crippen molar-refractivity contribution in [1.29, 1.82) is 0 Å². The van der Waals surface area contributed by atoms with Gasteiger partial charge in [-0.3, -0.25) is 14.5 Å². The van der Waals surface area contributed by atoms with Crippen LogP contribution in [0, 0.1) is 11.8 Å². The lowest BCUT2D eigenvalue weighted by Crippen LogP contribution is -2.42. The molecule has 1 fully saturated rings. The van der Waals surface area contributed by atoms with E-state index >= 15 is 0 Å². The summed E-state index contributed by atoms with van der Waals surface area (Å²) in [5, 5.41) is 3.84. The zero-order chi connectivity index (χ0) is 13.7. The maximum absolute atomic E-state index is 11.5. The van der Waals surface area contributed by atoms with Crippen LogP contribution < -0.4 is 0 Å². The van der Waals surface area contributed by atoms with Gasteiger partial charge in [-0.1, -0.05) is 11.8 Å². The van der Waals surface area contributed by atoms with Crippen LogP contribution in [0.25, 0.3) is 0 Å². The van der Waals surface area contributed by atoms with Gasteiger partial charge in [-0.2, -0.15) is 11.3 Å². The zero-order valence-corrected chi connectivity index (χ0v) is 11.2. The van der Waals surface area contributed by atoms with E-state index in [9.17, 15) is 9.59 Å². The van der Waals surface area contributed by atoms with Crippen molar-refractivity contribution in [3.63, 3.8) is 0 Å². The molecule has 0 radical (unpaired) electrons. The first kappa shape index (κ1) is 13.7. The highest BCUT2D eigenvalue weighted by Gasteiger charge is 2.30. The second-order valence-corrected chi connectivity index (χ2v) is 4.88. The van der Waals surface area contributed by atoms with Crippen molar-refractivity contribution in [1.82, 2.24) is 4.90 Å². The fourth-order valence-corrected chi connectivity index (χ4v) is 2.13. The molecular formula is C12H12BNO4S. The number of rotatable bonds is 1. The van der Waals surface area contributed by atoms with Gasteiger partial charge in [-0.25, -0.2) is 0 Å². The molecule has 2 rings (SSSR count). The summed E-state index contributed by atoms with van der Waals surface area (Å²) in [6.45, 7) is 0.146. The summed E-state index contributed by atoms with van der Waals surface area (Å²) in [6, 6.07) is 1.89. The number of nitrogens with zero attached hydrogens (tertiary/aromatic N) is 1. The molecule has 0 spiro atoms. The Bertz CT molecular complexity index is 500. The van der Waals surface area contributed by atoms with Gasteiger partial charge in [0, 0.05) is 10.9 Å². The second kappa shape index (κ2) is 6.41. The number of carbonyl (C=O) groups is 2. The molecular weight excluding hydrogens is 265 g/mol. The molecule has 1 aliphatic rings. The maximum atomic E-state index is 11.5. The molecule has 0 aliphatic carbocycles. The Kier molecular flexibility index (Phi) is 4.60. The number of thiophene rings is 1. The number of likely N-dealkylation sites (N-methyl/N-ethyl adjacent to an activating group) is 1. The van der Waals surface area contributed by atoms with Crippen LogP contribution in [0.5, 0.6) is 0 Å². The average Bonchev–Trinajstić information content (AvgIpc) is 2.79. The van der Waals surface area contributed by atoms with E-state index in [2.05, 4.69) is 11.8 Å². The molecule has 1 aromatic heterocycles. The Balaban J connectivity index is 1.94. The van der Waals surface area contributed by atoms with Gasteiger partial charge in [-0.15, -0.1) is 0 Å². The third-order valence-corrected chi connectivity index (χ3v) is 3.03. The molecule has 7 heteroatoms. The van der Waals surface area contributed by atoms with E-state index in [-0.39, 0.29) is 19.4 Å². The van der Waals surface area contributed by atoms with Gasteiger partial charge >= 0.3 is 19.1 Å². The smallest absolute Gasteiger partial charge is 0.498 e.